The van der Waals surface area contributed by atoms with Crippen molar-refractivity contribution in [1.29, 1.82) is 0 Å². The molecule has 2 aliphatic carbocycles. The van der Waals surface area contributed by atoms with Gasteiger partial charge < -0.3 is 20.8 Å². The number of aromatic carboxylic acids is 2. The summed E-state index contributed by atoms with van der Waals surface area (Å²) in [5.74, 6) is -2.31. The van der Waals surface area contributed by atoms with Crippen molar-refractivity contribution in [2.75, 3.05) is 0 Å². The van der Waals surface area contributed by atoms with E-state index in [0.717, 1.165) is 51.4 Å². The van der Waals surface area contributed by atoms with Gasteiger partial charge in [-0.2, -0.15) is 0 Å². The number of hydrogen-bond donors (Lipinski definition) is 4. The molecule has 2 fully saturated rings. The summed E-state index contributed by atoms with van der Waals surface area (Å²) in [6.45, 7) is 4.35. The SMILES string of the molecule is CC1CCC(NC(=O)c2ccc(C(=O)NC3CCC(C)CC3)c3c(C(=O)O)ccc(C(=O)O)c23)CC1. The van der Waals surface area contributed by atoms with E-state index in [9.17, 15) is 29.4 Å². The van der Waals surface area contributed by atoms with Crippen LogP contribution in [0.5, 0.6) is 0 Å². The zero-order valence-corrected chi connectivity index (χ0v) is 20.8. The Morgan fingerprint density at radius 3 is 1.19 bits per heavy atom. The summed E-state index contributed by atoms with van der Waals surface area (Å²) >= 11 is 0. The van der Waals surface area contributed by atoms with Crippen LogP contribution in [0.3, 0.4) is 0 Å². The third-order valence-corrected chi connectivity index (χ3v) is 7.81. The van der Waals surface area contributed by atoms with Crippen molar-refractivity contribution < 1.29 is 29.4 Å². The van der Waals surface area contributed by atoms with Crippen molar-refractivity contribution >= 4 is 34.5 Å². The molecule has 36 heavy (non-hydrogen) atoms. The van der Waals surface area contributed by atoms with E-state index in [1.807, 2.05) is 0 Å². The number of nitrogens with one attached hydrogen (secondary N) is 2. The predicted molar refractivity (Wildman–Crippen MR) is 136 cm³/mol. The lowest BCUT2D eigenvalue weighted by atomic mass is 9.86. The maximum Gasteiger partial charge on any atom is 0.336 e. The third kappa shape index (κ3) is 5.37. The second kappa shape index (κ2) is 10.7. The maximum atomic E-state index is 13.3. The van der Waals surface area contributed by atoms with Crippen LogP contribution >= 0.6 is 0 Å². The third-order valence-electron chi connectivity index (χ3n) is 7.81. The fourth-order valence-electron chi connectivity index (χ4n) is 5.57. The Labute approximate surface area is 210 Å². The standard InChI is InChI=1S/C28H34N2O6/c1-15-3-7-17(8-4-15)29-25(31)19-11-12-20(26(32)30-18-9-5-16(2)6-10-18)24-22(28(35)36)14-13-21(23(19)24)27(33)34/h11-18H,3-10H2,1-2H3,(H,29,31)(H,30,32)(H,33,34)(H,35,36). The molecule has 2 aliphatic rings. The number of hydrogen-bond acceptors (Lipinski definition) is 4. The van der Waals surface area contributed by atoms with E-state index >= 15 is 0 Å². The van der Waals surface area contributed by atoms with E-state index in [-0.39, 0.29) is 45.1 Å². The largest absolute Gasteiger partial charge is 0.478 e. The van der Waals surface area contributed by atoms with Crippen LogP contribution in [0.1, 0.15) is 107 Å². The number of carbonyl (C=O) groups is 4. The minimum atomic E-state index is -1.30. The van der Waals surface area contributed by atoms with Gasteiger partial charge in [-0.25, -0.2) is 9.59 Å². The topological polar surface area (TPSA) is 133 Å². The van der Waals surface area contributed by atoms with Crippen LogP contribution in [0.2, 0.25) is 0 Å². The van der Waals surface area contributed by atoms with Gasteiger partial charge in [0, 0.05) is 34.0 Å². The van der Waals surface area contributed by atoms with Crippen LogP contribution in [0.4, 0.5) is 0 Å². The smallest absolute Gasteiger partial charge is 0.336 e. The lowest BCUT2D eigenvalue weighted by Crippen LogP contribution is -2.38. The first kappa shape index (κ1) is 25.7. The first-order chi connectivity index (χ1) is 17.2. The molecule has 2 aromatic carbocycles. The molecule has 8 nitrogen and oxygen atoms in total. The second-order valence-corrected chi connectivity index (χ2v) is 10.5. The molecule has 2 saturated carbocycles. The average molecular weight is 495 g/mol. The predicted octanol–water partition coefficient (Wildman–Crippen LogP) is 4.85. The van der Waals surface area contributed by atoms with Crippen LogP contribution in [-0.4, -0.2) is 46.0 Å². The molecule has 2 aromatic rings. The Hall–Kier alpha value is -3.42. The normalized spacial score (nSPS) is 24.2. The van der Waals surface area contributed by atoms with Crippen molar-refractivity contribution in [2.45, 2.75) is 77.3 Å². The Morgan fingerprint density at radius 1 is 0.583 bits per heavy atom. The number of carboxylic acid groups (broad SMARTS) is 2. The molecular formula is C28H34N2O6. The van der Waals surface area contributed by atoms with E-state index in [1.165, 1.54) is 24.3 Å². The molecule has 4 rings (SSSR count). The molecule has 8 heteroatoms. The lowest BCUT2D eigenvalue weighted by molar-refractivity contribution is 0.0684. The quantitative estimate of drug-likeness (QED) is 0.454. The number of rotatable bonds is 6. The highest BCUT2D eigenvalue weighted by Crippen LogP contribution is 2.32. The van der Waals surface area contributed by atoms with E-state index in [0.29, 0.717) is 11.8 Å². The van der Waals surface area contributed by atoms with Crippen LogP contribution in [-0.2, 0) is 0 Å². The summed E-state index contributed by atoms with van der Waals surface area (Å²) in [4.78, 5) is 51.0. The van der Waals surface area contributed by atoms with Crippen LogP contribution in [0.15, 0.2) is 24.3 Å². The molecule has 0 saturated heterocycles. The number of carbonyl (C=O) groups excluding carboxylic acids is 2. The Balaban J connectivity index is 1.78. The molecule has 192 valence electrons. The molecule has 0 aliphatic heterocycles. The van der Waals surface area contributed by atoms with Gasteiger partial charge in [-0.05, 0) is 87.5 Å². The monoisotopic (exact) mass is 494 g/mol. The van der Waals surface area contributed by atoms with Gasteiger partial charge >= 0.3 is 11.9 Å². The molecule has 0 atom stereocenters. The lowest BCUT2D eigenvalue weighted by Gasteiger charge is -2.28. The van der Waals surface area contributed by atoms with Crippen LogP contribution in [0, 0.1) is 11.8 Å². The summed E-state index contributed by atoms with van der Waals surface area (Å²) in [6.07, 6.45) is 7.30. The van der Waals surface area contributed by atoms with Gasteiger partial charge in [0.15, 0.2) is 0 Å². The minimum absolute atomic E-state index is 0.0195. The second-order valence-electron chi connectivity index (χ2n) is 10.5. The molecule has 0 radical (unpaired) electrons. The molecule has 4 N–H and O–H groups in total. The highest BCUT2D eigenvalue weighted by atomic mass is 16.4. The Bertz CT molecular complexity index is 1100. The summed E-state index contributed by atoms with van der Waals surface area (Å²) in [5, 5.41) is 25.8. The van der Waals surface area contributed by atoms with Gasteiger partial charge in [0.2, 0.25) is 0 Å². The summed E-state index contributed by atoms with van der Waals surface area (Å²) in [7, 11) is 0. The van der Waals surface area contributed by atoms with Crippen LogP contribution in [0.25, 0.3) is 10.8 Å². The van der Waals surface area contributed by atoms with Gasteiger partial charge in [0.25, 0.3) is 11.8 Å². The molecule has 0 unspecified atom stereocenters. The highest BCUT2D eigenvalue weighted by molar-refractivity contribution is 6.23. The fourth-order valence-corrected chi connectivity index (χ4v) is 5.57. The first-order valence-electron chi connectivity index (χ1n) is 12.8. The average Bonchev–Trinajstić information content (AvgIpc) is 2.85. The Morgan fingerprint density at radius 2 is 0.889 bits per heavy atom. The van der Waals surface area contributed by atoms with Gasteiger partial charge in [-0.3, -0.25) is 9.59 Å². The molecule has 0 heterocycles. The number of amides is 2. The maximum absolute atomic E-state index is 13.3. The summed E-state index contributed by atoms with van der Waals surface area (Å²) < 4.78 is 0. The fraction of sp³-hybridized carbons (Fsp3) is 0.500. The minimum Gasteiger partial charge on any atom is -0.478 e. The van der Waals surface area contributed by atoms with Gasteiger partial charge in [0.1, 0.15) is 0 Å². The first-order valence-corrected chi connectivity index (χ1v) is 12.8. The number of carboxylic acids is 2. The zero-order chi connectivity index (χ0) is 26.0. The number of fused-ring (bicyclic) bond motifs is 1. The van der Waals surface area contributed by atoms with Crippen molar-refractivity contribution in [2.24, 2.45) is 11.8 Å². The molecule has 2 amide bonds. The molecule has 0 spiro atoms. The molecule has 0 aromatic heterocycles. The van der Waals surface area contributed by atoms with Gasteiger partial charge in [-0.15, -0.1) is 0 Å². The zero-order valence-electron chi connectivity index (χ0n) is 20.8. The van der Waals surface area contributed by atoms with Gasteiger partial charge in [-0.1, -0.05) is 13.8 Å². The van der Waals surface area contributed by atoms with Crippen molar-refractivity contribution in [3.8, 4) is 0 Å². The van der Waals surface area contributed by atoms with Crippen molar-refractivity contribution in [3.63, 3.8) is 0 Å². The van der Waals surface area contributed by atoms with Crippen molar-refractivity contribution in [1.82, 2.24) is 10.6 Å². The van der Waals surface area contributed by atoms with E-state index in [4.69, 9.17) is 0 Å². The van der Waals surface area contributed by atoms with E-state index < -0.39 is 23.8 Å². The summed E-state index contributed by atoms with van der Waals surface area (Å²) in [6, 6.07) is 5.21. The van der Waals surface area contributed by atoms with Gasteiger partial charge in [0.05, 0.1) is 11.1 Å². The Kier molecular flexibility index (Phi) is 7.62. The molecule has 0 bridgehead atoms. The summed E-state index contributed by atoms with van der Waals surface area (Å²) in [5.41, 5.74) is -0.295. The molecular weight excluding hydrogens is 460 g/mol. The highest BCUT2D eigenvalue weighted by Gasteiger charge is 2.28. The van der Waals surface area contributed by atoms with E-state index in [1.54, 1.807) is 0 Å². The van der Waals surface area contributed by atoms with Crippen LogP contribution < -0.4 is 10.6 Å². The van der Waals surface area contributed by atoms with E-state index in [2.05, 4.69) is 24.5 Å². The number of benzene rings is 2. The van der Waals surface area contributed by atoms with Crippen molar-refractivity contribution in [3.05, 3.63) is 46.5 Å².